The quantitative estimate of drug-likeness (QED) is 0.877. The third-order valence-corrected chi connectivity index (χ3v) is 6.29. The lowest BCUT2D eigenvalue weighted by atomic mass is 9.72. The monoisotopic (exact) mass is 335 g/mol. The molecule has 23 heavy (non-hydrogen) atoms. The van der Waals surface area contributed by atoms with Crippen LogP contribution in [0.25, 0.3) is 0 Å². The number of nitrogens with one attached hydrogen (secondary N) is 1. The molecule has 1 aliphatic rings. The first-order valence-corrected chi connectivity index (χ1v) is 9.75. The van der Waals surface area contributed by atoms with Crippen LogP contribution in [0.15, 0.2) is 30.3 Å². The van der Waals surface area contributed by atoms with Gasteiger partial charge in [-0.25, -0.2) is 8.93 Å². The van der Waals surface area contributed by atoms with Crippen LogP contribution in [0.3, 0.4) is 0 Å². The van der Waals surface area contributed by atoms with Crippen molar-refractivity contribution in [1.82, 2.24) is 4.72 Å². The first-order valence-electron chi connectivity index (χ1n) is 8.60. The molecule has 4 heteroatoms. The summed E-state index contributed by atoms with van der Waals surface area (Å²) in [5, 5.41) is 0. The fourth-order valence-electron chi connectivity index (χ4n) is 3.36. The zero-order chi connectivity index (χ0) is 17.0. The summed E-state index contributed by atoms with van der Waals surface area (Å²) in [6.07, 6.45) is 3.70. The third-order valence-electron chi connectivity index (χ3n) is 4.71. The van der Waals surface area contributed by atoms with E-state index in [9.17, 15) is 9.00 Å². The third kappa shape index (κ3) is 4.51. The van der Waals surface area contributed by atoms with E-state index in [4.69, 9.17) is 0 Å². The summed E-state index contributed by atoms with van der Waals surface area (Å²) in [6, 6.07) is 9.84. The van der Waals surface area contributed by atoms with Crippen molar-refractivity contribution >= 4 is 16.8 Å². The summed E-state index contributed by atoms with van der Waals surface area (Å²) < 4.78 is 15.6. The van der Waals surface area contributed by atoms with Crippen molar-refractivity contribution in [2.45, 2.75) is 64.2 Å². The topological polar surface area (TPSA) is 46.2 Å². The van der Waals surface area contributed by atoms with E-state index in [0.29, 0.717) is 18.1 Å². The molecule has 0 aliphatic heterocycles. The maximum atomic E-state index is 12.7. The maximum absolute atomic E-state index is 12.7. The van der Waals surface area contributed by atoms with Gasteiger partial charge in [0.05, 0.1) is 21.8 Å². The number of carbonyl (C=O) groups excluding carboxylic acids is 1. The second-order valence-corrected chi connectivity index (χ2v) is 9.44. The minimum absolute atomic E-state index is 0.0811. The van der Waals surface area contributed by atoms with Gasteiger partial charge < -0.3 is 0 Å². The van der Waals surface area contributed by atoms with Crippen LogP contribution in [0.2, 0.25) is 0 Å². The first-order chi connectivity index (χ1) is 10.8. The number of Topliss-reactive ketones (excluding diaryl/α,β-unsaturated/α-hetero) is 1. The Bertz CT molecular complexity index is 550. The maximum Gasteiger partial charge on any atom is 0.138 e. The van der Waals surface area contributed by atoms with Gasteiger partial charge in [0.15, 0.2) is 0 Å². The van der Waals surface area contributed by atoms with Crippen molar-refractivity contribution in [2.75, 3.05) is 0 Å². The molecule has 1 aliphatic carbocycles. The summed E-state index contributed by atoms with van der Waals surface area (Å²) in [7, 11) is -1.20. The summed E-state index contributed by atoms with van der Waals surface area (Å²) in [5.74, 6) is 0.601. The Labute approximate surface area is 142 Å². The minimum Gasteiger partial charge on any atom is -0.299 e. The van der Waals surface area contributed by atoms with Crippen molar-refractivity contribution in [2.24, 2.45) is 11.8 Å². The smallest absolute Gasteiger partial charge is 0.138 e. The van der Waals surface area contributed by atoms with Gasteiger partial charge in [0.25, 0.3) is 0 Å². The molecule has 1 aromatic rings. The standard InChI is InChI=1S/C19H29NO2S/c1-5-14-12-9-13-16(21)17(14)18(15-10-7-6-8-11-15)20-23(22)19(2,3)4/h6-8,10-11,14,17-18,20H,5,9,12-13H2,1-4H3/t14-,17-,18+,23?/m1/s1. The Morgan fingerprint density at radius 3 is 2.48 bits per heavy atom. The molecule has 1 unspecified atom stereocenters. The lowest BCUT2D eigenvalue weighted by molar-refractivity contribution is -0.127. The van der Waals surface area contributed by atoms with E-state index in [1.165, 1.54) is 0 Å². The van der Waals surface area contributed by atoms with Crippen LogP contribution in [-0.2, 0) is 15.8 Å². The molecule has 4 atom stereocenters. The van der Waals surface area contributed by atoms with E-state index < -0.39 is 11.0 Å². The molecule has 128 valence electrons. The van der Waals surface area contributed by atoms with Crippen LogP contribution >= 0.6 is 0 Å². The van der Waals surface area contributed by atoms with Crippen LogP contribution in [0, 0.1) is 11.8 Å². The normalized spacial score (nSPS) is 25.1. The van der Waals surface area contributed by atoms with E-state index in [0.717, 1.165) is 24.8 Å². The molecule has 0 heterocycles. The predicted octanol–water partition coefficient (Wildman–Crippen LogP) is 4.17. The second kappa shape index (κ2) is 7.71. The molecule has 3 nitrogen and oxygen atoms in total. The van der Waals surface area contributed by atoms with Gasteiger partial charge in [-0.15, -0.1) is 0 Å². The highest BCUT2D eigenvalue weighted by Crippen LogP contribution is 2.39. The Morgan fingerprint density at radius 2 is 1.91 bits per heavy atom. The largest absolute Gasteiger partial charge is 0.299 e. The van der Waals surface area contributed by atoms with Gasteiger partial charge in [-0.05, 0) is 45.1 Å². The van der Waals surface area contributed by atoms with E-state index in [1.807, 2.05) is 51.1 Å². The fourth-order valence-corrected chi connectivity index (χ4v) is 4.23. The van der Waals surface area contributed by atoms with Gasteiger partial charge in [-0.1, -0.05) is 43.7 Å². The molecule has 0 saturated heterocycles. The van der Waals surface area contributed by atoms with Crippen LogP contribution in [0.1, 0.15) is 65.0 Å². The van der Waals surface area contributed by atoms with Gasteiger partial charge in [0, 0.05) is 12.3 Å². The number of hydrogen-bond donors (Lipinski definition) is 1. The summed E-state index contributed by atoms with van der Waals surface area (Å²) in [5.41, 5.74) is 1.06. The number of benzene rings is 1. The van der Waals surface area contributed by atoms with Crippen molar-refractivity contribution in [3.05, 3.63) is 35.9 Å². The number of rotatable bonds is 5. The molecule has 1 aromatic carbocycles. The molecule has 0 amide bonds. The SMILES string of the molecule is CC[C@@H]1CCCC(=O)[C@@H]1[C@@H](NS(=O)C(C)(C)C)c1ccccc1. The summed E-state index contributed by atoms with van der Waals surface area (Å²) in [6.45, 7) is 8.02. The molecule has 0 bridgehead atoms. The number of carbonyl (C=O) groups is 1. The van der Waals surface area contributed by atoms with Crippen LogP contribution in [-0.4, -0.2) is 14.7 Å². The Balaban J connectivity index is 2.36. The Hall–Kier alpha value is -1.00. The van der Waals surface area contributed by atoms with Crippen molar-refractivity contribution in [1.29, 1.82) is 0 Å². The van der Waals surface area contributed by atoms with Crippen LogP contribution in [0.5, 0.6) is 0 Å². The van der Waals surface area contributed by atoms with Crippen molar-refractivity contribution in [3.8, 4) is 0 Å². The Kier molecular flexibility index (Phi) is 6.15. The molecule has 0 radical (unpaired) electrons. The molecular formula is C19H29NO2S. The lowest BCUT2D eigenvalue weighted by Crippen LogP contribution is -2.44. The molecule has 1 N–H and O–H groups in total. The molecule has 1 saturated carbocycles. The van der Waals surface area contributed by atoms with E-state index in [-0.39, 0.29) is 16.7 Å². The Morgan fingerprint density at radius 1 is 1.26 bits per heavy atom. The van der Waals surface area contributed by atoms with Crippen LogP contribution < -0.4 is 4.72 Å². The highest BCUT2D eigenvalue weighted by atomic mass is 32.2. The average Bonchev–Trinajstić information content (AvgIpc) is 2.52. The van der Waals surface area contributed by atoms with E-state index in [2.05, 4.69) is 11.6 Å². The highest BCUT2D eigenvalue weighted by Gasteiger charge is 2.39. The zero-order valence-electron chi connectivity index (χ0n) is 14.7. The van der Waals surface area contributed by atoms with Gasteiger partial charge in [-0.2, -0.15) is 0 Å². The molecular weight excluding hydrogens is 306 g/mol. The zero-order valence-corrected chi connectivity index (χ0v) is 15.5. The van der Waals surface area contributed by atoms with Crippen LogP contribution in [0.4, 0.5) is 0 Å². The van der Waals surface area contributed by atoms with Gasteiger partial charge in [-0.3, -0.25) is 4.79 Å². The van der Waals surface area contributed by atoms with E-state index >= 15 is 0 Å². The first kappa shape index (κ1) is 18.3. The van der Waals surface area contributed by atoms with Gasteiger partial charge in [0.1, 0.15) is 5.78 Å². The second-order valence-electron chi connectivity index (χ2n) is 7.44. The molecule has 1 fully saturated rings. The molecule has 0 aromatic heterocycles. The van der Waals surface area contributed by atoms with Crippen molar-refractivity contribution in [3.63, 3.8) is 0 Å². The van der Waals surface area contributed by atoms with Gasteiger partial charge in [0.2, 0.25) is 0 Å². The van der Waals surface area contributed by atoms with Crippen molar-refractivity contribution < 1.29 is 9.00 Å². The number of ketones is 1. The minimum atomic E-state index is -1.20. The van der Waals surface area contributed by atoms with E-state index in [1.54, 1.807) is 0 Å². The fraction of sp³-hybridized carbons (Fsp3) is 0.632. The predicted molar refractivity (Wildman–Crippen MR) is 96.3 cm³/mol. The number of hydrogen-bond acceptors (Lipinski definition) is 2. The molecule has 0 spiro atoms. The average molecular weight is 336 g/mol. The summed E-state index contributed by atoms with van der Waals surface area (Å²) in [4.78, 5) is 12.7. The summed E-state index contributed by atoms with van der Waals surface area (Å²) >= 11 is 0. The highest BCUT2D eigenvalue weighted by molar-refractivity contribution is 7.84. The molecule has 2 rings (SSSR count). The van der Waals surface area contributed by atoms with Gasteiger partial charge >= 0.3 is 0 Å². The lowest BCUT2D eigenvalue weighted by Gasteiger charge is -2.37.